The van der Waals surface area contributed by atoms with E-state index in [9.17, 15) is 4.79 Å². The van der Waals surface area contributed by atoms with Crippen LogP contribution in [0.3, 0.4) is 0 Å². The highest BCUT2D eigenvalue weighted by molar-refractivity contribution is 9.09. The molecule has 0 bridgehead atoms. The van der Waals surface area contributed by atoms with Gasteiger partial charge in [0.05, 0.1) is 19.8 Å². The molecule has 0 N–H and O–H groups in total. The van der Waals surface area contributed by atoms with Crippen molar-refractivity contribution >= 4 is 21.8 Å². The van der Waals surface area contributed by atoms with E-state index in [0.717, 1.165) is 16.9 Å². The van der Waals surface area contributed by atoms with Gasteiger partial charge in [-0.15, -0.1) is 0 Å². The van der Waals surface area contributed by atoms with Crippen molar-refractivity contribution in [2.24, 2.45) is 0 Å². The second-order valence-corrected chi connectivity index (χ2v) is 5.91. The highest BCUT2D eigenvalue weighted by Crippen LogP contribution is 2.42. The number of amides is 1. The molecule has 1 amide bonds. The number of fused-ring (bicyclic) bond motifs is 1. The molecule has 3 rings (SSSR count). The van der Waals surface area contributed by atoms with Crippen LogP contribution in [0.2, 0.25) is 0 Å². The fraction of sp³-hybridized carbons (Fsp3) is 0.235. The van der Waals surface area contributed by atoms with Crippen molar-refractivity contribution in [3.05, 3.63) is 59.2 Å². The van der Waals surface area contributed by atoms with Crippen molar-refractivity contribution < 1.29 is 14.3 Å². The van der Waals surface area contributed by atoms with Crippen molar-refractivity contribution in [2.75, 3.05) is 14.2 Å². The molecule has 2 aromatic carbocycles. The summed E-state index contributed by atoms with van der Waals surface area (Å²) in [5.74, 6) is 1.39. The maximum Gasteiger partial charge on any atom is 0.259 e. The summed E-state index contributed by atoms with van der Waals surface area (Å²) in [6.45, 7) is 0.524. The van der Waals surface area contributed by atoms with E-state index < -0.39 is 0 Å². The molecule has 4 nitrogen and oxygen atoms in total. The second kappa shape index (κ2) is 6.01. The molecule has 0 aromatic heterocycles. The van der Waals surface area contributed by atoms with Gasteiger partial charge in [0.2, 0.25) is 0 Å². The average molecular weight is 362 g/mol. The summed E-state index contributed by atoms with van der Waals surface area (Å²) in [7, 11) is 3.22. The predicted octanol–water partition coefficient (Wildman–Crippen LogP) is 3.75. The SMILES string of the molecule is COc1ccc(CN2C(=O)c3c(OC)cccc3C2Br)cc1. The molecule has 2 aromatic rings. The topological polar surface area (TPSA) is 38.8 Å². The van der Waals surface area contributed by atoms with Crippen LogP contribution in [-0.2, 0) is 6.54 Å². The molecular formula is C17H16BrNO3. The Labute approximate surface area is 137 Å². The molecule has 1 aliphatic rings. The number of rotatable bonds is 4. The van der Waals surface area contributed by atoms with E-state index in [1.54, 1.807) is 19.1 Å². The number of hydrogen-bond donors (Lipinski definition) is 0. The van der Waals surface area contributed by atoms with Gasteiger partial charge in [0.25, 0.3) is 5.91 Å². The third-order valence-electron chi connectivity index (χ3n) is 3.80. The molecule has 1 unspecified atom stereocenters. The Bertz CT molecular complexity index is 700. The molecule has 114 valence electrons. The Balaban J connectivity index is 1.88. The zero-order valence-electron chi connectivity index (χ0n) is 12.4. The number of halogens is 1. The van der Waals surface area contributed by atoms with Gasteiger partial charge >= 0.3 is 0 Å². The number of hydrogen-bond acceptors (Lipinski definition) is 3. The number of carbonyl (C=O) groups excluding carboxylic acids is 1. The zero-order valence-corrected chi connectivity index (χ0v) is 14.0. The monoisotopic (exact) mass is 361 g/mol. The molecule has 0 saturated carbocycles. The molecule has 1 heterocycles. The van der Waals surface area contributed by atoms with Crippen LogP contribution in [0.15, 0.2) is 42.5 Å². The molecule has 0 aliphatic carbocycles. The summed E-state index contributed by atoms with van der Waals surface area (Å²) in [5, 5.41) is 0. The molecule has 1 atom stereocenters. The minimum Gasteiger partial charge on any atom is -0.497 e. The lowest BCUT2D eigenvalue weighted by atomic mass is 10.1. The summed E-state index contributed by atoms with van der Waals surface area (Å²) < 4.78 is 10.5. The van der Waals surface area contributed by atoms with Crippen molar-refractivity contribution in [2.45, 2.75) is 11.5 Å². The Morgan fingerprint density at radius 1 is 1.09 bits per heavy atom. The van der Waals surface area contributed by atoms with Gasteiger partial charge in [-0.1, -0.05) is 40.2 Å². The van der Waals surface area contributed by atoms with Gasteiger partial charge in [0, 0.05) is 12.1 Å². The van der Waals surface area contributed by atoms with Crippen LogP contribution in [0.4, 0.5) is 0 Å². The molecule has 22 heavy (non-hydrogen) atoms. The molecule has 1 aliphatic heterocycles. The quantitative estimate of drug-likeness (QED) is 0.614. The first kappa shape index (κ1) is 14.9. The van der Waals surface area contributed by atoms with Crippen LogP contribution in [0.1, 0.15) is 26.4 Å². The van der Waals surface area contributed by atoms with Gasteiger partial charge < -0.3 is 14.4 Å². The minimum absolute atomic E-state index is 0.0230. The third-order valence-corrected chi connectivity index (χ3v) is 4.78. The van der Waals surface area contributed by atoms with Crippen LogP contribution in [-0.4, -0.2) is 25.0 Å². The Hall–Kier alpha value is -2.01. The highest BCUT2D eigenvalue weighted by atomic mass is 79.9. The van der Waals surface area contributed by atoms with Crippen LogP contribution < -0.4 is 9.47 Å². The van der Waals surface area contributed by atoms with Crippen molar-refractivity contribution in [3.63, 3.8) is 0 Å². The summed E-state index contributed by atoms with van der Waals surface area (Å²) in [6, 6.07) is 13.4. The Morgan fingerprint density at radius 2 is 1.82 bits per heavy atom. The van der Waals surface area contributed by atoms with Gasteiger partial charge in [-0.2, -0.15) is 0 Å². The lowest BCUT2D eigenvalue weighted by molar-refractivity contribution is 0.0762. The Kier molecular flexibility index (Phi) is 4.07. The van der Waals surface area contributed by atoms with Crippen molar-refractivity contribution in [1.29, 1.82) is 0 Å². The average Bonchev–Trinajstić information content (AvgIpc) is 2.80. The fourth-order valence-electron chi connectivity index (χ4n) is 2.64. The number of nitrogens with zero attached hydrogens (tertiary/aromatic N) is 1. The highest BCUT2D eigenvalue weighted by Gasteiger charge is 2.37. The van der Waals surface area contributed by atoms with E-state index in [1.165, 1.54) is 0 Å². The number of alkyl halides is 1. The number of ether oxygens (including phenoxy) is 2. The second-order valence-electron chi connectivity index (χ2n) is 5.04. The van der Waals surface area contributed by atoms with Crippen molar-refractivity contribution in [1.82, 2.24) is 4.90 Å². The van der Waals surface area contributed by atoms with Gasteiger partial charge in [-0.3, -0.25) is 4.79 Å². The standard InChI is InChI=1S/C17H16BrNO3/c1-21-12-8-6-11(7-9-12)10-19-16(18)13-4-3-5-14(22-2)15(13)17(19)20/h3-9,16H,10H2,1-2H3. The summed E-state index contributed by atoms with van der Waals surface area (Å²) in [5.41, 5.74) is 2.63. The van der Waals surface area contributed by atoms with Crippen LogP contribution in [0.5, 0.6) is 11.5 Å². The van der Waals surface area contributed by atoms with Gasteiger partial charge in [0.15, 0.2) is 0 Å². The van der Waals surface area contributed by atoms with E-state index in [1.807, 2.05) is 42.5 Å². The number of benzene rings is 2. The molecule has 0 radical (unpaired) electrons. The first-order valence-electron chi connectivity index (χ1n) is 6.90. The lowest BCUT2D eigenvalue weighted by Crippen LogP contribution is -2.25. The van der Waals surface area contributed by atoms with Crippen molar-refractivity contribution in [3.8, 4) is 11.5 Å². The normalized spacial score (nSPS) is 16.6. The third kappa shape index (κ3) is 2.46. The summed E-state index contributed by atoms with van der Waals surface area (Å²) >= 11 is 3.62. The minimum atomic E-state index is -0.146. The van der Waals surface area contributed by atoms with Crippen LogP contribution in [0, 0.1) is 0 Å². The van der Waals surface area contributed by atoms with E-state index in [0.29, 0.717) is 17.9 Å². The predicted molar refractivity (Wildman–Crippen MR) is 87.5 cm³/mol. The van der Waals surface area contributed by atoms with Crippen LogP contribution >= 0.6 is 15.9 Å². The van der Waals surface area contributed by atoms with E-state index in [-0.39, 0.29) is 10.9 Å². The van der Waals surface area contributed by atoms with Gasteiger partial charge in [0.1, 0.15) is 16.5 Å². The summed E-state index contributed by atoms with van der Waals surface area (Å²) in [4.78, 5) is 14.3. The Morgan fingerprint density at radius 3 is 2.45 bits per heavy atom. The molecular weight excluding hydrogens is 346 g/mol. The molecule has 0 saturated heterocycles. The molecule has 0 spiro atoms. The maximum absolute atomic E-state index is 12.7. The van der Waals surface area contributed by atoms with Gasteiger partial charge in [-0.25, -0.2) is 0 Å². The van der Waals surface area contributed by atoms with Gasteiger partial charge in [-0.05, 0) is 23.8 Å². The number of methoxy groups -OCH3 is 2. The zero-order chi connectivity index (χ0) is 15.7. The van der Waals surface area contributed by atoms with E-state index >= 15 is 0 Å². The first-order chi connectivity index (χ1) is 10.7. The largest absolute Gasteiger partial charge is 0.497 e. The first-order valence-corrected chi connectivity index (χ1v) is 7.82. The number of carbonyl (C=O) groups is 1. The van der Waals surface area contributed by atoms with Crippen LogP contribution in [0.25, 0.3) is 0 Å². The molecule has 0 fully saturated rings. The fourth-order valence-corrected chi connectivity index (χ4v) is 3.35. The van der Waals surface area contributed by atoms with E-state index in [2.05, 4.69) is 15.9 Å². The maximum atomic E-state index is 12.7. The van der Waals surface area contributed by atoms with E-state index in [4.69, 9.17) is 9.47 Å². The smallest absolute Gasteiger partial charge is 0.259 e. The molecule has 5 heteroatoms. The lowest BCUT2D eigenvalue weighted by Gasteiger charge is -2.20. The summed E-state index contributed by atoms with van der Waals surface area (Å²) in [6.07, 6.45) is 0.